The van der Waals surface area contributed by atoms with Crippen molar-refractivity contribution in [1.82, 2.24) is 15.0 Å². The van der Waals surface area contributed by atoms with Crippen LogP contribution in [0.4, 0.5) is 0 Å². The van der Waals surface area contributed by atoms with Crippen LogP contribution in [0.3, 0.4) is 0 Å². The summed E-state index contributed by atoms with van der Waals surface area (Å²) in [5.41, 5.74) is 7.17. The number of halogens is 1. The number of hydrogen-bond donors (Lipinski definition) is 1. The lowest BCUT2D eigenvalue weighted by Gasteiger charge is -2.09. The van der Waals surface area contributed by atoms with Crippen molar-refractivity contribution in [3.8, 4) is 33.9 Å². The zero-order valence-corrected chi connectivity index (χ0v) is 16.5. The zero-order chi connectivity index (χ0) is 19.5. The predicted octanol–water partition coefficient (Wildman–Crippen LogP) is 5.91. The van der Waals surface area contributed by atoms with Crippen molar-refractivity contribution >= 4 is 11.6 Å². The van der Waals surface area contributed by atoms with Crippen molar-refractivity contribution in [2.45, 2.75) is 13.5 Å². The van der Waals surface area contributed by atoms with E-state index in [1.165, 1.54) is 0 Å². The number of methoxy groups -OCH3 is 1. The molecule has 1 N–H and O–H groups in total. The maximum absolute atomic E-state index is 6.08. The second-order valence-electron chi connectivity index (χ2n) is 6.59. The molecular formula is C23H20ClN3O. The van der Waals surface area contributed by atoms with Gasteiger partial charge in [-0.2, -0.15) is 0 Å². The molecule has 0 spiro atoms. The Hall–Kier alpha value is -2.95. The smallest absolute Gasteiger partial charge is 0.139 e. The van der Waals surface area contributed by atoms with Crippen molar-refractivity contribution in [3.63, 3.8) is 0 Å². The summed E-state index contributed by atoms with van der Waals surface area (Å²) in [6.07, 6.45) is 3.57. The van der Waals surface area contributed by atoms with Gasteiger partial charge in [0, 0.05) is 41.2 Å². The van der Waals surface area contributed by atoms with E-state index >= 15 is 0 Å². The molecule has 0 unspecified atom stereocenters. The van der Waals surface area contributed by atoms with Crippen LogP contribution in [0.25, 0.3) is 33.9 Å². The van der Waals surface area contributed by atoms with Crippen LogP contribution >= 0.6 is 11.6 Å². The monoisotopic (exact) mass is 389 g/mol. The number of rotatable bonds is 5. The first-order valence-electron chi connectivity index (χ1n) is 9.01. The van der Waals surface area contributed by atoms with Gasteiger partial charge in [-0.3, -0.25) is 4.98 Å². The van der Waals surface area contributed by atoms with Gasteiger partial charge in [-0.05, 0) is 42.3 Å². The first kappa shape index (κ1) is 18.4. The number of aromatic nitrogens is 3. The minimum absolute atomic E-state index is 0.526. The number of imidazole rings is 1. The topological polar surface area (TPSA) is 50.8 Å². The molecule has 0 saturated heterocycles. The van der Waals surface area contributed by atoms with Crippen LogP contribution in [-0.2, 0) is 11.3 Å². The van der Waals surface area contributed by atoms with Gasteiger partial charge >= 0.3 is 0 Å². The highest BCUT2D eigenvalue weighted by molar-refractivity contribution is 6.30. The standard InChI is InChI=1S/C23H20ClN3O/c1-15-4-3-5-18(14-28-2)20(15)23-26-21(16-6-8-19(24)9-7-16)22(27-23)17-10-12-25-13-11-17/h3-13H,14H2,1-2H3,(H,26,27). The maximum atomic E-state index is 6.08. The Morgan fingerprint density at radius 3 is 2.43 bits per heavy atom. The largest absolute Gasteiger partial charge is 0.380 e. The van der Waals surface area contributed by atoms with E-state index in [0.717, 1.165) is 45.0 Å². The molecule has 0 aliphatic rings. The molecule has 0 radical (unpaired) electrons. The third-order valence-electron chi connectivity index (χ3n) is 4.69. The SMILES string of the molecule is COCc1cccc(C)c1-c1nc(-c2ccc(Cl)cc2)c(-c2ccncc2)[nH]1. The van der Waals surface area contributed by atoms with Crippen LogP contribution in [0.15, 0.2) is 67.0 Å². The first-order chi connectivity index (χ1) is 13.7. The summed E-state index contributed by atoms with van der Waals surface area (Å²) >= 11 is 6.08. The fourth-order valence-electron chi connectivity index (χ4n) is 3.38. The predicted molar refractivity (Wildman–Crippen MR) is 113 cm³/mol. The Morgan fingerprint density at radius 2 is 1.71 bits per heavy atom. The number of ether oxygens (including phenoxy) is 1. The third kappa shape index (κ3) is 3.57. The molecule has 4 aromatic rings. The lowest BCUT2D eigenvalue weighted by Crippen LogP contribution is -1.96. The lowest BCUT2D eigenvalue weighted by atomic mass is 10.0. The molecule has 140 valence electrons. The Morgan fingerprint density at radius 1 is 0.964 bits per heavy atom. The van der Waals surface area contributed by atoms with E-state index in [4.69, 9.17) is 21.3 Å². The summed E-state index contributed by atoms with van der Waals surface area (Å²) < 4.78 is 5.40. The van der Waals surface area contributed by atoms with Crippen molar-refractivity contribution in [3.05, 3.63) is 83.1 Å². The highest BCUT2D eigenvalue weighted by atomic mass is 35.5. The van der Waals surface area contributed by atoms with Crippen molar-refractivity contribution < 1.29 is 4.74 Å². The van der Waals surface area contributed by atoms with E-state index in [1.807, 2.05) is 42.5 Å². The number of nitrogens with zero attached hydrogens (tertiary/aromatic N) is 2. The van der Waals surface area contributed by atoms with E-state index in [9.17, 15) is 0 Å². The highest BCUT2D eigenvalue weighted by Crippen LogP contribution is 2.35. The molecule has 4 rings (SSSR count). The third-order valence-corrected chi connectivity index (χ3v) is 4.94. The highest BCUT2D eigenvalue weighted by Gasteiger charge is 2.18. The number of nitrogens with one attached hydrogen (secondary N) is 1. The molecule has 2 heterocycles. The number of aryl methyl sites for hydroxylation is 1. The summed E-state index contributed by atoms with van der Waals surface area (Å²) in [5.74, 6) is 0.821. The summed E-state index contributed by atoms with van der Waals surface area (Å²) in [6.45, 7) is 2.61. The molecule has 0 atom stereocenters. The minimum Gasteiger partial charge on any atom is -0.380 e. The molecule has 28 heavy (non-hydrogen) atoms. The van der Waals surface area contributed by atoms with Gasteiger partial charge in [0.05, 0.1) is 18.0 Å². The molecule has 2 aromatic carbocycles. The van der Waals surface area contributed by atoms with Gasteiger partial charge < -0.3 is 9.72 Å². The lowest BCUT2D eigenvalue weighted by molar-refractivity contribution is 0.185. The van der Waals surface area contributed by atoms with Crippen molar-refractivity contribution in [2.75, 3.05) is 7.11 Å². The summed E-state index contributed by atoms with van der Waals surface area (Å²) in [4.78, 5) is 12.7. The molecule has 0 aliphatic heterocycles. The number of pyridine rings is 1. The Kier molecular flexibility index (Phi) is 5.24. The van der Waals surface area contributed by atoms with Gasteiger partial charge in [0.2, 0.25) is 0 Å². The molecule has 2 aromatic heterocycles. The van der Waals surface area contributed by atoms with Crippen molar-refractivity contribution in [1.29, 1.82) is 0 Å². The Labute approximate surface area is 169 Å². The fourth-order valence-corrected chi connectivity index (χ4v) is 3.50. The van der Waals surface area contributed by atoms with Crippen LogP contribution in [0.5, 0.6) is 0 Å². The molecule has 5 heteroatoms. The van der Waals surface area contributed by atoms with E-state index in [0.29, 0.717) is 11.6 Å². The summed E-state index contributed by atoms with van der Waals surface area (Å²) in [6, 6.07) is 17.9. The summed E-state index contributed by atoms with van der Waals surface area (Å²) in [7, 11) is 1.70. The van der Waals surface area contributed by atoms with E-state index in [1.54, 1.807) is 19.5 Å². The minimum atomic E-state index is 0.526. The van der Waals surface area contributed by atoms with Crippen molar-refractivity contribution in [2.24, 2.45) is 0 Å². The molecule has 0 fully saturated rings. The van der Waals surface area contributed by atoms with Gasteiger partial charge in [-0.25, -0.2) is 4.98 Å². The molecule has 0 aliphatic carbocycles. The molecule has 0 bridgehead atoms. The molecule has 0 amide bonds. The Bertz CT molecular complexity index is 1090. The first-order valence-corrected chi connectivity index (χ1v) is 9.39. The second kappa shape index (κ2) is 7.97. The average molecular weight is 390 g/mol. The van der Waals surface area contributed by atoms with Crippen LogP contribution in [0.2, 0.25) is 5.02 Å². The van der Waals surface area contributed by atoms with Crippen LogP contribution < -0.4 is 0 Å². The number of hydrogen-bond acceptors (Lipinski definition) is 3. The zero-order valence-electron chi connectivity index (χ0n) is 15.7. The van der Waals surface area contributed by atoms with E-state index < -0.39 is 0 Å². The van der Waals surface area contributed by atoms with E-state index in [-0.39, 0.29) is 0 Å². The van der Waals surface area contributed by atoms with Gasteiger partial charge in [0.25, 0.3) is 0 Å². The number of aromatic amines is 1. The van der Waals surface area contributed by atoms with Gasteiger partial charge in [-0.15, -0.1) is 0 Å². The van der Waals surface area contributed by atoms with Crippen LogP contribution in [0.1, 0.15) is 11.1 Å². The summed E-state index contributed by atoms with van der Waals surface area (Å²) in [5, 5.41) is 0.700. The van der Waals surface area contributed by atoms with Gasteiger partial charge in [0.15, 0.2) is 0 Å². The van der Waals surface area contributed by atoms with Crippen LogP contribution in [-0.4, -0.2) is 22.1 Å². The average Bonchev–Trinajstić information content (AvgIpc) is 3.14. The van der Waals surface area contributed by atoms with Gasteiger partial charge in [-0.1, -0.05) is 41.9 Å². The van der Waals surface area contributed by atoms with E-state index in [2.05, 4.69) is 29.0 Å². The van der Waals surface area contributed by atoms with Gasteiger partial charge in [0.1, 0.15) is 5.82 Å². The Balaban J connectivity index is 1.93. The fraction of sp³-hybridized carbons (Fsp3) is 0.130. The number of benzene rings is 2. The van der Waals surface area contributed by atoms with Crippen LogP contribution in [0, 0.1) is 6.92 Å². The normalized spacial score (nSPS) is 11.0. The maximum Gasteiger partial charge on any atom is 0.139 e. The second-order valence-corrected chi connectivity index (χ2v) is 7.03. The molecular weight excluding hydrogens is 370 g/mol. The quantitative estimate of drug-likeness (QED) is 0.461. The molecule has 4 nitrogen and oxygen atoms in total. The number of H-pyrrole nitrogens is 1. The molecule has 0 saturated carbocycles.